The van der Waals surface area contributed by atoms with Crippen molar-refractivity contribution in [3.05, 3.63) is 146 Å². The van der Waals surface area contributed by atoms with Crippen molar-refractivity contribution < 1.29 is 8.98 Å². The molecule has 0 saturated heterocycles. The van der Waals surface area contributed by atoms with E-state index >= 15 is 0 Å². The van der Waals surface area contributed by atoms with Crippen molar-refractivity contribution in [3.8, 4) is 11.6 Å². The molecule has 44 heavy (non-hydrogen) atoms. The number of benzene rings is 7. The van der Waals surface area contributed by atoms with Gasteiger partial charge in [0.05, 0.1) is 6.20 Å². The Hall–Kier alpha value is -6.00. The minimum atomic E-state index is 0.824. The Morgan fingerprint density at radius 3 is 1.82 bits per heavy atom. The standard InChI is InChI=1S/C40H24N3O/c1-4-12-29-25(9-1)17-21-34-38(29)39-30-13-5-2-10-26(30)18-22-35(39)43(34)40-41-33-15-7-3-11-27(33)24-42(40)28-19-20-32-31-14-6-8-16-36(31)44-37(32)23-28/h1-24H/q+1. The molecule has 0 aliphatic rings. The molecular weight excluding hydrogens is 538 g/mol. The van der Waals surface area contributed by atoms with Gasteiger partial charge in [0, 0.05) is 33.0 Å². The fourth-order valence-corrected chi connectivity index (χ4v) is 7.03. The molecule has 0 unspecified atom stereocenters. The third kappa shape index (κ3) is 3.22. The quantitative estimate of drug-likeness (QED) is 0.197. The van der Waals surface area contributed by atoms with Gasteiger partial charge >= 0.3 is 5.95 Å². The van der Waals surface area contributed by atoms with E-state index in [0.717, 1.165) is 55.5 Å². The number of furan rings is 1. The molecule has 4 nitrogen and oxygen atoms in total. The second-order valence-corrected chi connectivity index (χ2v) is 11.4. The lowest BCUT2D eigenvalue weighted by atomic mass is 10.00. The highest BCUT2D eigenvalue weighted by molar-refractivity contribution is 6.28. The number of para-hydroxylation sites is 2. The Morgan fingerprint density at radius 2 is 1.09 bits per heavy atom. The largest absolute Gasteiger partial charge is 0.456 e. The molecule has 10 rings (SSSR count). The van der Waals surface area contributed by atoms with Crippen molar-refractivity contribution >= 4 is 76.2 Å². The number of fused-ring (bicyclic) bond motifs is 11. The molecule has 3 heterocycles. The van der Waals surface area contributed by atoms with Crippen molar-refractivity contribution in [2.45, 2.75) is 0 Å². The van der Waals surface area contributed by atoms with Crippen LogP contribution in [-0.2, 0) is 0 Å². The van der Waals surface area contributed by atoms with Crippen LogP contribution in [0.5, 0.6) is 0 Å². The zero-order valence-corrected chi connectivity index (χ0v) is 23.6. The van der Waals surface area contributed by atoms with E-state index in [2.05, 4.69) is 143 Å². The van der Waals surface area contributed by atoms with Crippen LogP contribution in [0.4, 0.5) is 0 Å². The fraction of sp³-hybridized carbons (Fsp3) is 0. The van der Waals surface area contributed by atoms with Gasteiger partial charge in [0.25, 0.3) is 0 Å². The van der Waals surface area contributed by atoms with Crippen LogP contribution in [0.1, 0.15) is 0 Å². The van der Waals surface area contributed by atoms with Crippen molar-refractivity contribution in [1.29, 1.82) is 0 Å². The Bertz CT molecular complexity index is 2690. The summed E-state index contributed by atoms with van der Waals surface area (Å²) in [7, 11) is 0. The van der Waals surface area contributed by atoms with Gasteiger partial charge in [-0.1, -0.05) is 96.0 Å². The summed E-state index contributed by atoms with van der Waals surface area (Å²) in [6.07, 6.45) is 2.20. The lowest BCUT2D eigenvalue weighted by Gasteiger charge is -2.09. The molecule has 0 saturated carbocycles. The van der Waals surface area contributed by atoms with Crippen LogP contribution in [0.2, 0.25) is 0 Å². The number of nitrogens with zero attached hydrogens (tertiary/aromatic N) is 3. The van der Waals surface area contributed by atoms with Crippen LogP contribution in [0.3, 0.4) is 0 Å². The first-order valence-corrected chi connectivity index (χ1v) is 14.9. The maximum atomic E-state index is 6.33. The minimum Gasteiger partial charge on any atom is -0.456 e. The molecule has 3 aromatic heterocycles. The Morgan fingerprint density at radius 1 is 0.500 bits per heavy atom. The molecule has 0 N–H and O–H groups in total. The van der Waals surface area contributed by atoms with Crippen LogP contribution < -0.4 is 4.57 Å². The second kappa shape index (κ2) is 8.76. The average molecular weight is 563 g/mol. The van der Waals surface area contributed by atoms with E-state index in [1.54, 1.807) is 0 Å². The average Bonchev–Trinajstić information content (AvgIpc) is 3.63. The number of aromatic nitrogens is 3. The second-order valence-electron chi connectivity index (χ2n) is 11.4. The van der Waals surface area contributed by atoms with E-state index in [9.17, 15) is 0 Å². The molecule has 0 aliphatic carbocycles. The van der Waals surface area contributed by atoms with Gasteiger partial charge in [0.15, 0.2) is 5.52 Å². The topological polar surface area (TPSA) is 34.8 Å². The van der Waals surface area contributed by atoms with Crippen molar-refractivity contribution in [3.63, 3.8) is 0 Å². The molecule has 0 bridgehead atoms. The summed E-state index contributed by atoms with van der Waals surface area (Å²) in [6.45, 7) is 0. The first kappa shape index (κ1) is 23.6. The molecule has 0 spiro atoms. The third-order valence-electron chi connectivity index (χ3n) is 9.03. The summed E-state index contributed by atoms with van der Waals surface area (Å²) in [5, 5.41) is 10.7. The third-order valence-corrected chi connectivity index (χ3v) is 9.03. The number of hydrogen-bond donors (Lipinski definition) is 0. The van der Waals surface area contributed by atoms with Crippen LogP contribution in [-0.4, -0.2) is 9.55 Å². The SMILES string of the molecule is c1ccc2nc(-n3c4ccc5ccccc5c4c4c5ccccc5ccc43)[n+](-c3ccc4c(c3)oc3ccccc34)cc2c1. The minimum absolute atomic E-state index is 0.824. The molecule has 204 valence electrons. The molecule has 7 aromatic carbocycles. The van der Waals surface area contributed by atoms with Crippen LogP contribution in [0, 0.1) is 0 Å². The molecule has 0 aliphatic heterocycles. The number of rotatable bonds is 2. The molecule has 0 fully saturated rings. The predicted molar refractivity (Wildman–Crippen MR) is 180 cm³/mol. The zero-order valence-electron chi connectivity index (χ0n) is 23.6. The van der Waals surface area contributed by atoms with Crippen LogP contribution in [0.25, 0.3) is 87.8 Å². The lowest BCUT2D eigenvalue weighted by Crippen LogP contribution is -2.37. The summed E-state index contributed by atoms with van der Waals surface area (Å²) < 4.78 is 10.9. The van der Waals surface area contributed by atoms with Crippen LogP contribution in [0.15, 0.2) is 150 Å². The van der Waals surface area contributed by atoms with E-state index in [4.69, 9.17) is 9.40 Å². The summed E-state index contributed by atoms with van der Waals surface area (Å²) in [5.74, 6) is 0.824. The first-order chi connectivity index (χ1) is 21.8. The van der Waals surface area contributed by atoms with Gasteiger partial charge in [-0.15, -0.1) is 0 Å². The molecular formula is C40H24N3O+. The highest BCUT2D eigenvalue weighted by atomic mass is 16.3. The van der Waals surface area contributed by atoms with E-state index in [0.29, 0.717) is 0 Å². The number of hydrogen-bond acceptors (Lipinski definition) is 2. The van der Waals surface area contributed by atoms with E-state index < -0.39 is 0 Å². The fourth-order valence-electron chi connectivity index (χ4n) is 7.03. The monoisotopic (exact) mass is 562 g/mol. The Kier molecular flexibility index (Phi) is 4.69. The van der Waals surface area contributed by atoms with Crippen molar-refractivity contribution in [2.24, 2.45) is 0 Å². The highest BCUT2D eigenvalue weighted by Gasteiger charge is 2.27. The highest BCUT2D eigenvalue weighted by Crippen LogP contribution is 2.40. The first-order valence-electron chi connectivity index (χ1n) is 14.9. The molecule has 0 radical (unpaired) electrons. The van der Waals surface area contributed by atoms with E-state index in [-0.39, 0.29) is 0 Å². The van der Waals surface area contributed by atoms with Gasteiger partial charge < -0.3 is 4.42 Å². The molecule has 4 heteroatoms. The van der Waals surface area contributed by atoms with Crippen molar-refractivity contribution in [1.82, 2.24) is 9.55 Å². The van der Waals surface area contributed by atoms with Gasteiger partial charge in [-0.3, -0.25) is 0 Å². The zero-order chi connectivity index (χ0) is 28.8. The normalized spacial score (nSPS) is 12.1. The molecule has 10 aromatic rings. The molecule has 0 amide bonds. The lowest BCUT2D eigenvalue weighted by molar-refractivity contribution is -0.591. The van der Waals surface area contributed by atoms with Crippen molar-refractivity contribution in [2.75, 3.05) is 0 Å². The van der Waals surface area contributed by atoms with E-state index in [1.807, 2.05) is 12.1 Å². The Balaban J connectivity index is 1.37. The maximum absolute atomic E-state index is 6.33. The summed E-state index contributed by atoms with van der Waals surface area (Å²) >= 11 is 0. The maximum Gasteiger partial charge on any atom is 0.409 e. The Labute approximate surface area is 251 Å². The van der Waals surface area contributed by atoms with E-state index in [1.165, 1.54) is 32.3 Å². The van der Waals surface area contributed by atoms with Crippen LogP contribution >= 0.6 is 0 Å². The van der Waals surface area contributed by atoms with Gasteiger partial charge in [0.1, 0.15) is 27.9 Å². The van der Waals surface area contributed by atoms with Gasteiger partial charge in [-0.05, 0) is 64.0 Å². The van der Waals surface area contributed by atoms with Gasteiger partial charge in [0.2, 0.25) is 0 Å². The smallest absolute Gasteiger partial charge is 0.409 e. The summed E-state index contributed by atoms with van der Waals surface area (Å²) in [6, 6.07) is 49.3. The summed E-state index contributed by atoms with van der Waals surface area (Å²) in [4.78, 5) is 5.37. The van der Waals surface area contributed by atoms with Gasteiger partial charge in [-0.25, -0.2) is 4.57 Å². The molecule has 0 atom stereocenters. The predicted octanol–water partition coefficient (Wildman–Crippen LogP) is 9.81. The summed E-state index contributed by atoms with van der Waals surface area (Å²) in [5.41, 5.74) is 5.92. The van der Waals surface area contributed by atoms with Gasteiger partial charge in [-0.2, -0.15) is 4.57 Å².